The molecule has 1 N–H and O–H groups in total. The normalized spacial score (nSPS) is 14.7. The minimum absolute atomic E-state index is 0.147. The Bertz CT molecular complexity index is 615. The van der Waals surface area contributed by atoms with Gasteiger partial charge in [0.25, 0.3) is 0 Å². The van der Waals surface area contributed by atoms with Gasteiger partial charge in [-0.2, -0.15) is 0 Å². The summed E-state index contributed by atoms with van der Waals surface area (Å²) in [7, 11) is 0. The van der Waals surface area contributed by atoms with E-state index < -0.39 is 0 Å². The Morgan fingerprint density at radius 2 is 1.76 bits per heavy atom. The standard InChI is InChI=1S/C17H18N2OS/c20-17-13-18-12-14-6-4-5-9-16(14)19(17)10-11-21-15-7-2-1-3-8-15/h1-9,18H,10-13H2. The lowest BCUT2D eigenvalue weighted by Crippen LogP contribution is -2.37. The Labute approximate surface area is 129 Å². The van der Waals surface area contributed by atoms with Gasteiger partial charge in [-0.1, -0.05) is 36.4 Å². The van der Waals surface area contributed by atoms with Crippen molar-refractivity contribution in [2.45, 2.75) is 11.4 Å². The van der Waals surface area contributed by atoms with E-state index in [1.807, 2.05) is 41.3 Å². The number of nitrogens with one attached hydrogen (secondary N) is 1. The number of carbonyl (C=O) groups is 1. The average Bonchev–Trinajstić information content (AvgIpc) is 2.68. The summed E-state index contributed by atoms with van der Waals surface area (Å²) in [5.41, 5.74) is 2.23. The molecule has 4 heteroatoms. The molecule has 0 atom stereocenters. The molecule has 0 spiro atoms. The van der Waals surface area contributed by atoms with E-state index in [-0.39, 0.29) is 5.91 Å². The molecule has 0 saturated heterocycles. The van der Waals surface area contributed by atoms with Gasteiger partial charge in [0.15, 0.2) is 0 Å². The van der Waals surface area contributed by atoms with Crippen LogP contribution in [0.25, 0.3) is 0 Å². The third-order valence-corrected chi connectivity index (χ3v) is 4.49. The number of anilines is 1. The molecule has 3 rings (SSSR count). The molecule has 1 aliphatic rings. The minimum Gasteiger partial charge on any atom is -0.310 e. The van der Waals surface area contributed by atoms with Gasteiger partial charge in [0, 0.05) is 29.4 Å². The number of benzene rings is 2. The van der Waals surface area contributed by atoms with Crippen LogP contribution >= 0.6 is 11.8 Å². The molecule has 0 bridgehead atoms. The predicted octanol–water partition coefficient (Wildman–Crippen LogP) is 2.92. The fourth-order valence-electron chi connectivity index (χ4n) is 2.47. The molecule has 0 aromatic heterocycles. The summed E-state index contributed by atoms with van der Waals surface area (Å²) in [5, 5.41) is 3.19. The van der Waals surface area contributed by atoms with Crippen LogP contribution in [0.1, 0.15) is 5.56 Å². The van der Waals surface area contributed by atoms with Crippen LogP contribution in [0.3, 0.4) is 0 Å². The summed E-state index contributed by atoms with van der Waals surface area (Å²) in [4.78, 5) is 15.4. The molecule has 2 aromatic rings. The summed E-state index contributed by atoms with van der Waals surface area (Å²) >= 11 is 1.78. The number of thioether (sulfide) groups is 1. The zero-order valence-corrected chi connectivity index (χ0v) is 12.6. The van der Waals surface area contributed by atoms with E-state index in [0.29, 0.717) is 6.54 Å². The Morgan fingerprint density at radius 1 is 1.00 bits per heavy atom. The number of hydrogen-bond acceptors (Lipinski definition) is 3. The average molecular weight is 298 g/mol. The zero-order chi connectivity index (χ0) is 14.5. The Hall–Kier alpha value is -1.78. The van der Waals surface area contributed by atoms with Crippen molar-refractivity contribution in [1.29, 1.82) is 0 Å². The largest absolute Gasteiger partial charge is 0.310 e. The maximum atomic E-state index is 12.3. The van der Waals surface area contributed by atoms with Crippen molar-refractivity contribution in [3.8, 4) is 0 Å². The van der Waals surface area contributed by atoms with Gasteiger partial charge in [-0.05, 0) is 23.8 Å². The van der Waals surface area contributed by atoms with Gasteiger partial charge in [0.05, 0.1) is 6.54 Å². The van der Waals surface area contributed by atoms with Crippen LogP contribution in [0, 0.1) is 0 Å². The summed E-state index contributed by atoms with van der Waals surface area (Å²) < 4.78 is 0. The highest BCUT2D eigenvalue weighted by Crippen LogP contribution is 2.24. The second-order valence-electron chi connectivity index (χ2n) is 4.94. The van der Waals surface area contributed by atoms with E-state index in [1.165, 1.54) is 10.5 Å². The van der Waals surface area contributed by atoms with Crippen molar-refractivity contribution in [1.82, 2.24) is 5.32 Å². The Balaban J connectivity index is 1.70. The van der Waals surface area contributed by atoms with Gasteiger partial charge in [-0.3, -0.25) is 4.79 Å². The molecule has 1 aliphatic heterocycles. The first-order valence-electron chi connectivity index (χ1n) is 7.11. The summed E-state index contributed by atoms with van der Waals surface area (Å²) in [6, 6.07) is 18.4. The van der Waals surface area contributed by atoms with E-state index >= 15 is 0 Å². The van der Waals surface area contributed by atoms with Crippen LogP contribution in [0.2, 0.25) is 0 Å². The van der Waals surface area contributed by atoms with E-state index in [0.717, 1.165) is 24.5 Å². The molecular weight excluding hydrogens is 280 g/mol. The van der Waals surface area contributed by atoms with Crippen LogP contribution < -0.4 is 10.2 Å². The summed E-state index contributed by atoms with van der Waals surface area (Å²) in [6.07, 6.45) is 0. The molecule has 108 valence electrons. The van der Waals surface area contributed by atoms with E-state index in [9.17, 15) is 4.79 Å². The van der Waals surface area contributed by atoms with Crippen molar-refractivity contribution in [2.24, 2.45) is 0 Å². The molecule has 0 fully saturated rings. The Kier molecular flexibility index (Phi) is 4.58. The van der Waals surface area contributed by atoms with E-state index in [4.69, 9.17) is 0 Å². The molecule has 0 aliphatic carbocycles. The first kappa shape index (κ1) is 14.2. The summed E-state index contributed by atoms with van der Waals surface area (Å²) in [5.74, 6) is 1.04. The fourth-order valence-corrected chi connectivity index (χ4v) is 3.33. The van der Waals surface area contributed by atoms with Crippen LogP contribution in [-0.4, -0.2) is 24.7 Å². The molecule has 1 amide bonds. The highest BCUT2D eigenvalue weighted by Gasteiger charge is 2.20. The maximum Gasteiger partial charge on any atom is 0.240 e. The molecule has 0 saturated carbocycles. The first-order valence-corrected chi connectivity index (χ1v) is 8.10. The first-order chi connectivity index (χ1) is 10.3. The molecule has 1 heterocycles. The van der Waals surface area contributed by atoms with Gasteiger partial charge >= 0.3 is 0 Å². The minimum atomic E-state index is 0.147. The molecule has 21 heavy (non-hydrogen) atoms. The monoisotopic (exact) mass is 298 g/mol. The van der Waals surface area contributed by atoms with Gasteiger partial charge in [-0.25, -0.2) is 0 Å². The van der Waals surface area contributed by atoms with Crippen molar-refractivity contribution >= 4 is 23.4 Å². The van der Waals surface area contributed by atoms with Gasteiger partial charge < -0.3 is 10.2 Å². The van der Waals surface area contributed by atoms with Crippen molar-refractivity contribution < 1.29 is 4.79 Å². The highest BCUT2D eigenvalue weighted by atomic mass is 32.2. The zero-order valence-electron chi connectivity index (χ0n) is 11.8. The topological polar surface area (TPSA) is 32.3 Å². The van der Waals surface area contributed by atoms with E-state index in [2.05, 4.69) is 23.5 Å². The third-order valence-electron chi connectivity index (χ3n) is 3.50. The lowest BCUT2D eigenvalue weighted by molar-refractivity contribution is -0.117. The van der Waals surface area contributed by atoms with E-state index in [1.54, 1.807) is 11.8 Å². The fraction of sp³-hybridized carbons (Fsp3) is 0.235. The lowest BCUT2D eigenvalue weighted by Gasteiger charge is -2.22. The molecule has 0 radical (unpaired) electrons. The smallest absolute Gasteiger partial charge is 0.240 e. The second kappa shape index (κ2) is 6.78. The highest BCUT2D eigenvalue weighted by molar-refractivity contribution is 7.99. The number of hydrogen-bond donors (Lipinski definition) is 1. The van der Waals surface area contributed by atoms with Crippen LogP contribution in [0.15, 0.2) is 59.5 Å². The van der Waals surface area contributed by atoms with Gasteiger partial charge in [0.2, 0.25) is 5.91 Å². The number of rotatable bonds is 4. The van der Waals surface area contributed by atoms with Crippen molar-refractivity contribution in [3.63, 3.8) is 0 Å². The predicted molar refractivity (Wildman–Crippen MR) is 87.7 cm³/mol. The van der Waals surface area contributed by atoms with Crippen molar-refractivity contribution in [2.75, 3.05) is 23.7 Å². The molecule has 2 aromatic carbocycles. The van der Waals surface area contributed by atoms with Gasteiger partial charge in [0.1, 0.15) is 0 Å². The second-order valence-corrected chi connectivity index (χ2v) is 6.11. The molecule has 0 unspecified atom stereocenters. The number of carbonyl (C=O) groups excluding carboxylic acids is 1. The number of amides is 1. The molecular formula is C17H18N2OS. The number of para-hydroxylation sites is 1. The van der Waals surface area contributed by atoms with Crippen molar-refractivity contribution in [3.05, 3.63) is 60.2 Å². The summed E-state index contributed by atoms with van der Waals surface area (Å²) in [6.45, 7) is 1.89. The quantitative estimate of drug-likeness (QED) is 0.881. The maximum absolute atomic E-state index is 12.3. The number of nitrogens with zero attached hydrogens (tertiary/aromatic N) is 1. The van der Waals surface area contributed by atoms with Crippen LogP contribution in [-0.2, 0) is 11.3 Å². The molecule has 3 nitrogen and oxygen atoms in total. The number of fused-ring (bicyclic) bond motifs is 1. The van der Waals surface area contributed by atoms with Crippen LogP contribution in [0.5, 0.6) is 0 Å². The third kappa shape index (κ3) is 3.46. The van der Waals surface area contributed by atoms with Gasteiger partial charge in [-0.15, -0.1) is 11.8 Å². The van der Waals surface area contributed by atoms with Crippen LogP contribution in [0.4, 0.5) is 5.69 Å². The lowest BCUT2D eigenvalue weighted by atomic mass is 10.1. The Morgan fingerprint density at radius 3 is 2.62 bits per heavy atom. The SMILES string of the molecule is O=C1CNCc2ccccc2N1CCSc1ccccc1.